The standard InChI is InChI=1S/C17H29NO2/c1-5-20-17(10-8-16(2,3)9-11-17)15(18-4)13-14-7-6-12-19-14/h6-7,12,15,18H,5,8-11,13H2,1-4H3. The molecule has 1 saturated carbocycles. The van der Waals surface area contributed by atoms with E-state index >= 15 is 0 Å². The second kappa shape index (κ2) is 6.31. The summed E-state index contributed by atoms with van der Waals surface area (Å²) in [7, 11) is 2.04. The Labute approximate surface area is 123 Å². The Bertz CT molecular complexity index is 387. The van der Waals surface area contributed by atoms with E-state index in [-0.39, 0.29) is 5.60 Å². The Kier molecular flexibility index (Phi) is 4.92. The lowest BCUT2D eigenvalue weighted by atomic mass is 9.68. The highest BCUT2D eigenvalue weighted by Crippen LogP contribution is 2.44. The third-order valence-electron chi connectivity index (χ3n) is 4.85. The number of ether oxygens (including phenoxy) is 1. The first-order valence-corrected chi connectivity index (χ1v) is 7.85. The molecule has 0 amide bonds. The highest BCUT2D eigenvalue weighted by molar-refractivity contribution is 5.06. The SMILES string of the molecule is CCOC1(C(Cc2ccco2)NC)CCC(C)(C)CC1. The first-order chi connectivity index (χ1) is 9.51. The zero-order chi connectivity index (χ0) is 14.6. The van der Waals surface area contributed by atoms with Crippen molar-refractivity contribution in [1.29, 1.82) is 0 Å². The molecule has 1 heterocycles. The van der Waals surface area contributed by atoms with Crippen LogP contribution in [0.5, 0.6) is 0 Å². The van der Waals surface area contributed by atoms with Gasteiger partial charge in [0.05, 0.1) is 11.9 Å². The van der Waals surface area contributed by atoms with E-state index in [1.165, 1.54) is 12.8 Å². The summed E-state index contributed by atoms with van der Waals surface area (Å²) in [6, 6.07) is 4.32. The van der Waals surface area contributed by atoms with Crippen LogP contribution < -0.4 is 5.32 Å². The van der Waals surface area contributed by atoms with Crippen LogP contribution in [0.15, 0.2) is 22.8 Å². The van der Waals surface area contributed by atoms with Crippen molar-refractivity contribution in [3.63, 3.8) is 0 Å². The Morgan fingerprint density at radius 1 is 1.30 bits per heavy atom. The van der Waals surface area contributed by atoms with Gasteiger partial charge in [0.15, 0.2) is 0 Å². The van der Waals surface area contributed by atoms with Crippen molar-refractivity contribution in [2.24, 2.45) is 5.41 Å². The predicted molar refractivity (Wildman–Crippen MR) is 81.9 cm³/mol. The van der Waals surface area contributed by atoms with Gasteiger partial charge in [-0.05, 0) is 57.2 Å². The Morgan fingerprint density at radius 3 is 2.50 bits per heavy atom. The molecule has 114 valence electrons. The molecule has 0 saturated heterocycles. The molecule has 0 aromatic carbocycles. The molecule has 1 aromatic rings. The van der Waals surface area contributed by atoms with Crippen molar-refractivity contribution in [2.45, 2.75) is 64.5 Å². The first kappa shape index (κ1) is 15.6. The van der Waals surface area contributed by atoms with Gasteiger partial charge in [-0.15, -0.1) is 0 Å². The highest BCUT2D eigenvalue weighted by Gasteiger charge is 2.44. The molecule has 0 bridgehead atoms. The lowest BCUT2D eigenvalue weighted by Crippen LogP contribution is -2.55. The van der Waals surface area contributed by atoms with Gasteiger partial charge >= 0.3 is 0 Å². The summed E-state index contributed by atoms with van der Waals surface area (Å²) >= 11 is 0. The van der Waals surface area contributed by atoms with Crippen LogP contribution in [-0.4, -0.2) is 25.3 Å². The summed E-state index contributed by atoms with van der Waals surface area (Å²) in [6.07, 6.45) is 7.34. The molecular formula is C17H29NO2. The minimum atomic E-state index is -0.0498. The second-order valence-electron chi connectivity index (χ2n) is 6.79. The molecule has 20 heavy (non-hydrogen) atoms. The maximum Gasteiger partial charge on any atom is 0.105 e. The van der Waals surface area contributed by atoms with Crippen molar-refractivity contribution in [3.8, 4) is 0 Å². The largest absolute Gasteiger partial charge is 0.469 e. The smallest absolute Gasteiger partial charge is 0.105 e. The van der Waals surface area contributed by atoms with Crippen LogP contribution >= 0.6 is 0 Å². The van der Waals surface area contributed by atoms with Gasteiger partial charge in [0, 0.05) is 19.1 Å². The number of nitrogens with one attached hydrogen (secondary N) is 1. The molecule has 1 N–H and O–H groups in total. The fourth-order valence-corrected chi connectivity index (χ4v) is 3.41. The molecule has 2 rings (SSSR count). The summed E-state index contributed by atoms with van der Waals surface area (Å²) < 4.78 is 11.8. The van der Waals surface area contributed by atoms with E-state index in [1.54, 1.807) is 6.26 Å². The average Bonchev–Trinajstić information content (AvgIpc) is 2.92. The number of furan rings is 1. The van der Waals surface area contributed by atoms with Gasteiger partial charge in [0.25, 0.3) is 0 Å². The summed E-state index contributed by atoms with van der Waals surface area (Å²) in [5.74, 6) is 1.04. The lowest BCUT2D eigenvalue weighted by Gasteiger charge is -2.47. The van der Waals surface area contributed by atoms with Crippen LogP contribution in [0.3, 0.4) is 0 Å². The monoisotopic (exact) mass is 279 g/mol. The van der Waals surface area contributed by atoms with E-state index in [0.717, 1.165) is 31.6 Å². The molecule has 0 radical (unpaired) electrons. The van der Waals surface area contributed by atoms with E-state index in [2.05, 4.69) is 32.2 Å². The molecule has 3 nitrogen and oxygen atoms in total. The maximum absolute atomic E-state index is 6.26. The number of likely N-dealkylation sites (N-methyl/N-ethyl adjacent to an activating group) is 1. The second-order valence-corrected chi connectivity index (χ2v) is 6.79. The third kappa shape index (κ3) is 3.44. The molecule has 3 heteroatoms. The van der Waals surface area contributed by atoms with Gasteiger partial charge < -0.3 is 14.5 Å². The zero-order valence-electron chi connectivity index (χ0n) is 13.4. The Morgan fingerprint density at radius 2 is 2.00 bits per heavy atom. The first-order valence-electron chi connectivity index (χ1n) is 7.85. The van der Waals surface area contributed by atoms with E-state index in [0.29, 0.717) is 11.5 Å². The normalized spacial score (nSPS) is 22.6. The topological polar surface area (TPSA) is 34.4 Å². The molecule has 1 aliphatic rings. The van der Waals surface area contributed by atoms with Gasteiger partial charge in [-0.3, -0.25) is 0 Å². The third-order valence-corrected chi connectivity index (χ3v) is 4.85. The Balaban J connectivity index is 2.13. The van der Waals surface area contributed by atoms with Crippen molar-refractivity contribution in [2.75, 3.05) is 13.7 Å². The van der Waals surface area contributed by atoms with Crippen LogP contribution in [0.4, 0.5) is 0 Å². The molecule has 1 aliphatic carbocycles. The van der Waals surface area contributed by atoms with Crippen LogP contribution in [0.1, 0.15) is 52.2 Å². The van der Waals surface area contributed by atoms with Gasteiger partial charge in [-0.1, -0.05) is 13.8 Å². The van der Waals surface area contributed by atoms with Crippen LogP contribution in [-0.2, 0) is 11.2 Å². The molecule has 0 spiro atoms. The van der Waals surface area contributed by atoms with Gasteiger partial charge in [-0.25, -0.2) is 0 Å². The fraction of sp³-hybridized carbons (Fsp3) is 0.765. The summed E-state index contributed by atoms with van der Waals surface area (Å²) in [5, 5.41) is 3.48. The van der Waals surface area contributed by atoms with Crippen molar-refractivity contribution >= 4 is 0 Å². The average molecular weight is 279 g/mol. The summed E-state index contributed by atoms with van der Waals surface area (Å²) in [5.41, 5.74) is 0.398. The maximum atomic E-state index is 6.26. The van der Waals surface area contributed by atoms with Gasteiger partial charge in [-0.2, -0.15) is 0 Å². The van der Waals surface area contributed by atoms with Gasteiger partial charge in [0.1, 0.15) is 5.76 Å². The van der Waals surface area contributed by atoms with E-state index < -0.39 is 0 Å². The van der Waals surface area contributed by atoms with Crippen molar-refractivity contribution < 1.29 is 9.15 Å². The molecule has 1 unspecified atom stereocenters. The summed E-state index contributed by atoms with van der Waals surface area (Å²) in [4.78, 5) is 0. The number of hydrogen-bond acceptors (Lipinski definition) is 3. The number of rotatable bonds is 6. The minimum absolute atomic E-state index is 0.0498. The molecular weight excluding hydrogens is 250 g/mol. The Hall–Kier alpha value is -0.800. The van der Waals surface area contributed by atoms with E-state index in [1.807, 2.05) is 13.1 Å². The molecule has 1 fully saturated rings. The lowest BCUT2D eigenvalue weighted by molar-refractivity contribution is -0.105. The van der Waals surface area contributed by atoms with E-state index in [9.17, 15) is 0 Å². The highest BCUT2D eigenvalue weighted by atomic mass is 16.5. The molecule has 1 atom stereocenters. The number of hydrogen-bond donors (Lipinski definition) is 1. The van der Waals surface area contributed by atoms with Crippen LogP contribution in [0, 0.1) is 5.41 Å². The van der Waals surface area contributed by atoms with Gasteiger partial charge in [0.2, 0.25) is 0 Å². The predicted octanol–water partition coefficient (Wildman–Crippen LogP) is 3.79. The molecule has 0 aliphatic heterocycles. The van der Waals surface area contributed by atoms with Crippen molar-refractivity contribution in [3.05, 3.63) is 24.2 Å². The quantitative estimate of drug-likeness (QED) is 0.860. The zero-order valence-corrected chi connectivity index (χ0v) is 13.4. The van der Waals surface area contributed by atoms with Crippen LogP contribution in [0.25, 0.3) is 0 Å². The fourth-order valence-electron chi connectivity index (χ4n) is 3.41. The summed E-state index contributed by atoms with van der Waals surface area (Å²) in [6.45, 7) is 7.60. The van der Waals surface area contributed by atoms with Crippen LogP contribution in [0.2, 0.25) is 0 Å². The van der Waals surface area contributed by atoms with Crippen molar-refractivity contribution in [1.82, 2.24) is 5.32 Å². The minimum Gasteiger partial charge on any atom is -0.469 e. The van der Waals surface area contributed by atoms with E-state index in [4.69, 9.17) is 9.15 Å². The molecule has 1 aromatic heterocycles.